The molecule has 6 heteroatoms. The summed E-state index contributed by atoms with van der Waals surface area (Å²) in [7, 11) is 0. The van der Waals surface area contributed by atoms with Crippen LogP contribution >= 0.6 is 11.8 Å². The SMILES string of the molecule is Cc1ccc(/C=C2/Sc3ccc(C(=O)N4CCOCC4)cc3NC2=O)cc1. The lowest BCUT2D eigenvalue weighted by Crippen LogP contribution is -2.40. The van der Waals surface area contributed by atoms with Gasteiger partial charge in [-0.1, -0.05) is 41.6 Å². The highest BCUT2D eigenvalue weighted by Gasteiger charge is 2.24. The van der Waals surface area contributed by atoms with E-state index in [9.17, 15) is 9.59 Å². The maximum Gasteiger partial charge on any atom is 0.262 e. The zero-order valence-electron chi connectivity index (χ0n) is 15.0. The van der Waals surface area contributed by atoms with Crippen LogP contribution in [0.4, 0.5) is 5.69 Å². The fraction of sp³-hybridized carbons (Fsp3) is 0.238. The van der Waals surface area contributed by atoms with Gasteiger partial charge in [0.15, 0.2) is 0 Å². The normalized spacial score (nSPS) is 18.2. The molecule has 0 spiro atoms. The van der Waals surface area contributed by atoms with E-state index in [4.69, 9.17) is 4.74 Å². The highest BCUT2D eigenvalue weighted by atomic mass is 32.2. The number of anilines is 1. The number of hydrogen-bond acceptors (Lipinski definition) is 4. The molecule has 0 radical (unpaired) electrons. The van der Waals surface area contributed by atoms with Gasteiger partial charge in [0.1, 0.15) is 0 Å². The monoisotopic (exact) mass is 380 g/mol. The van der Waals surface area contributed by atoms with Gasteiger partial charge in [-0.25, -0.2) is 0 Å². The molecule has 2 aliphatic heterocycles. The molecule has 2 aliphatic rings. The molecule has 0 aliphatic carbocycles. The number of hydrogen-bond donors (Lipinski definition) is 1. The second-order valence-electron chi connectivity index (χ2n) is 6.59. The van der Waals surface area contributed by atoms with E-state index in [2.05, 4.69) is 5.32 Å². The molecule has 2 amide bonds. The van der Waals surface area contributed by atoms with Crippen molar-refractivity contribution in [1.82, 2.24) is 4.90 Å². The number of rotatable bonds is 2. The number of nitrogens with zero attached hydrogens (tertiary/aromatic N) is 1. The Morgan fingerprint density at radius 2 is 1.89 bits per heavy atom. The first-order valence-corrected chi connectivity index (χ1v) is 9.70. The molecular weight excluding hydrogens is 360 g/mol. The number of amides is 2. The summed E-state index contributed by atoms with van der Waals surface area (Å²) in [5, 5.41) is 2.92. The van der Waals surface area contributed by atoms with Crippen molar-refractivity contribution in [2.75, 3.05) is 31.6 Å². The van der Waals surface area contributed by atoms with Crippen LogP contribution in [0.15, 0.2) is 52.3 Å². The molecule has 27 heavy (non-hydrogen) atoms. The zero-order chi connectivity index (χ0) is 18.8. The van der Waals surface area contributed by atoms with Crippen LogP contribution in [0, 0.1) is 6.92 Å². The van der Waals surface area contributed by atoms with Crippen molar-refractivity contribution < 1.29 is 14.3 Å². The van der Waals surface area contributed by atoms with Gasteiger partial charge in [0.25, 0.3) is 11.8 Å². The molecule has 0 saturated carbocycles. The maximum absolute atomic E-state index is 12.6. The average molecular weight is 380 g/mol. The highest BCUT2D eigenvalue weighted by molar-refractivity contribution is 8.04. The van der Waals surface area contributed by atoms with Crippen molar-refractivity contribution in [2.45, 2.75) is 11.8 Å². The van der Waals surface area contributed by atoms with Gasteiger partial charge in [0.05, 0.1) is 23.8 Å². The number of thioether (sulfide) groups is 1. The molecule has 4 rings (SSSR count). The maximum atomic E-state index is 12.6. The predicted octanol–water partition coefficient (Wildman–Crippen LogP) is 3.55. The Labute approximate surface area is 162 Å². The Kier molecular flexibility index (Phi) is 5.01. The third-order valence-corrected chi connectivity index (χ3v) is 5.69. The number of fused-ring (bicyclic) bond motifs is 1. The van der Waals surface area contributed by atoms with E-state index in [-0.39, 0.29) is 11.8 Å². The standard InChI is InChI=1S/C21H20N2O3S/c1-14-2-4-15(5-3-14)12-19-20(24)22-17-13-16(6-7-18(17)27-19)21(25)23-8-10-26-11-9-23/h2-7,12-13H,8-11H2,1H3,(H,22,24)/b19-12+. The van der Waals surface area contributed by atoms with Crippen LogP contribution in [0.5, 0.6) is 0 Å². The number of ether oxygens (including phenoxy) is 1. The molecule has 1 fully saturated rings. The summed E-state index contributed by atoms with van der Waals surface area (Å²) >= 11 is 1.42. The quantitative estimate of drug-likeness (QED) is 0.810. The first-order valence-electron chi connectivity index (χ1n) is 8.89. The lowest BCUT2D eigenvalue weighted by molar-refractivity contribution is -0.112. The number of benzene rings is 2. The van der Waals surface area contributed by atoms with Crippen molar-refractivity contribution in [3.63, 3.8) is 0 Å². The van der Waals surface area contributed by atoms with Gasteiger partial charge in [-0.15, -0.1) is 0 Å². The van der Waals surface area contributed by atoms with E-state index in [0.717, 1.165) is 10.5 Å². The van der Waals surface area contributed by atoms with Crippen LogP contribution in [0.3, 0.4) is 0 Å². The first-order chi connectivity index (χ1) is 13.1. The summed E-state index contributed by atoms with van der Waals surface area (Å²) in [5.74, 6) is -0.176. The molecule has 1 saturated heterocycles. The van der Waals surface area contributed by atoms with Crippen LogP contribution in [-0.2, 0) is 9.53 Å². The third kappa shape index (κ3) is 3.91. The van der Waals surface area contributed by atoms with Crippen LogP contribution in [-0.4, -0.2) is 43.0 Å². The minimum Gasteiger partial charge on any atom is -0.378 e. The van der Waals surface area contributed by atoms with Gasteiger partial charge in [-0.05, 0) is 36.8 Å². The fourth-order valence-corrected chi connectivity index (χ4v) is 3.99. The number of carbonyl (C=O) groups is 2. The smallest absolute Gasteiger partial charge is 0.262 e. The van der Waals surface area contributed by atoms with Gasteiger partial charge in [0, 0.05) is 23.5 Å². The molecule has 0 bridgehead atoms. The van der Waals surface area contributed by atoms with Crippen LogP contribution in [0.25, 0.3) is 6.08 Å². The molecule has 2 aromatic rings. The second-order valence-corrected chi connectivity index (χ2v) is 7.67. The van der Waals surface area contributed by atoms with Gasteiger partial charge >= 0.3 is 0 Å². The molecule has 2 aromatic carbocycles. The second kappa shape index (κ2) is 7.58. The van der Waals surface area contributed by atoms with Crippen molar-refractivity contribution in [1.29, 1.82) is 0 Å². The molecule has 5 nitrogen and oxygen atoms in total. The molecular formula is C21H20N2O3S. The third-order valence-electron chi connectivity index (χ3n) is 4.59. The minimum atomic E-state index is -0.149. The molecule has 2 heterocycles. The lowest BCUT2D eigenvalue weighted by Gasteiger charge is -2.27. The summed E-state index contributed by atoms with van der Waals surface area (Å²) in [6, 6.07) is 13.5. The average Bonchev–Trinajstić information content (AvgIpc) is 2.70. The van der Waals surface area contributed by atoms with Crippen molar-refractivity contribution in [2.24, 2.45) is 0 Å². The largest absolute Gasteiger partial charge is 0.378 e. The van der Waals surface area contributed by atoms with Crippen molar-refractivity contribution in [3.8, 4) is 0 Å². The molecule has 0 unspecified atom stereocenters. The summed E-state index contributed by atoms with van der Waals surface area (Å²) in [5.41, 5.74) is 3.44. The van der Waals surface area contributed by atoms with E-state index < -0.39 is 0 Å². The number of aryl methyl sites for hydroxylation is 1. The van der Waals surface area contributed by atoms with Crippen LogP contribution in [0.1, 0.15) is 21.5 Å². The van der Waals surface area contributed by atoms with Crippen molar-refractivity contribution in [3.05, 3.63) is 64.1 Å². The molecule has 138 valence electrons. The molecule has 1 N–H and O–H groups in total. The molecule has 0 atom stereocenters. The topological polar surface area (TPSA) is 58.6 Å². The summed E-state index contributed by atoms with van der Waals surface area (Å²) < 4.78 is 5.30. The minimum absolute atomic E-state index is 0.0265. The summed E-state index contributed by atoms with van der Waals surface area (Å²) in [4.78, 5) is 28.5. The van der Waals surface area contributed by atoms with Gasteiger partial charge in [-0.2, -0.15) is 0 Å². The Hall–Kier alpha value is -2.57. The number of carbonyl (C=O) groups excluding carboxylic acids is 2. The molecule has 0 aromatic heterocycles. The first kappa shape index (κ1) is 17.8. The highest BCUT2D eigenvalue weighted by Crippen LogP contribution is 2.39. The zero-order valence-corrected chi connectivity index (χ0v) is 15.8. The fourth-order valence-electron chi connectivity index (χ4n) is 3.06. The number of morpholine rings is 1. The Balaban J connectivity index is 1.56. The van der Waals surface area contributed by atoms with Gasteiger partial charge in [0.2, 0.25) is 0 Å². The van der Waals surface area contributed by atoms with Crippen LogP contribution < -0.4 is 5.32 Å². The van der Waals surface area contributed by atoms with E-state index in [1.54, 1.807) is 11.0 Å². The predicted molar refractivity (Wildman–Crippen MR) is 107 cm³/mol. The number of nitrogens with one attached hydrogen (secondary N) is 1. The Bertz CT molecular complexity index is 916. The van der Waals surface area contributed by atoms with Crippen molar-refractivity contribution >= 4 is 35.3 Å². The Morgan fingerprint density at radius 3 is 2.63 bits per heavy atom. The Morgan fingerprint density at radius 1 is 1.15 bits per heavy atom. The lowest BCUT2D eigenvalue weighted by atomic mass is 10.1. The van der Waals surface area contributed by atoms with E-state index >= 15 is 0 Å². The van der Waals surface area contributed by atoms with E-state index in [1.165, 1.54) is 17.3 Å². The van der Waals surface area contributed by atoms with Gasteiger partial charge < -0.3 is 15.0 Å². The van der Waals surface area contributed by atoms with E-state index in [0.29, 0.717) is 42.5 Å². The van der Waals surface area contributed by atoms with E-state index in [1.807, 2.05) is 49.4 Å². The summed E-state index contributed by atoms with van der Waals surface area (Å²) in [6.07, 6.45) is 1.88. The van der Waals surface area contributed by atoms with Gasteiger partial charge in [-0.3, -0.25) is 9.59 Å². The van der Waals surface area contributed by atoms with Crippen LogP contribution in [0.2, 0.25) is 0 Å². The summed E-state index contributed by atoms with van der Waals surface area (Å²) in [6.45, 7) is 4.36.